The number of carboxylic acid groups (broad SMARTS) is 1. The second-order valence-corrected chi connectivity index (χ2v) is 4.83. The largest absolute Gasteiger partial charge is 0.479 e. The molecule has 2 N–H and O–H groups in total. The number of hydrogen-bond donors (Lipinski definition) is 2. The van der Waals surface area contributed by atoms with Gasteiger partial charge in [-0.25, -0.2) is 9.59 Å². The second kappa shape index (κ2) is 5.73. The molecule has 1 heterocycles. The van der Waals surface area contributed by atoms with Gasteiger partial charge in [0.2, 0.25) is 0 Å². The van der Waals surface area contributed by atoms with E-state index in [1.54, 1.807) is 23.1 Å². The van der Waals surface area contributed by atoms with Gasteiger partial charge in [0, 0.05) is 13.1 Å². The zero-order chi connectivity index (χ0) is 13.8. The number of urea groups is 1. The van der Waals surface area contributed by atoms with Gasteiger partial charge in [0.25, 0.3) is 0 Å². The van der Waals surface area contributed by atoms with Crippen molar-refractivity contribution in [3.05, 3.63) is 35.4 Å². The van der Waals surface area contributed by atoms with Crippen LogP contribution < -0.4 is 5.32 Å². The van der Waals surface area contributed by atoms with E-state index in [0.717, 1.165) is 18.4 Å². The first-order valence-electron chi connectivity index (χ1n) is 6.43. The minimum atomic E-state index is -1.04. The van der Waals surface area contributed by atoms with Crippen molar-refractivity contribution in [3.63, 3.8) is 0 Å². The first kappa shape index (κ1) is 13.4. The molecule has 0 saturated carbocycles. The minimum Gasteiger partial charge on any atom is -0.479 e. The van der Waals surface area contributed by atoms with Crippen molar-refractivity contribution in [3.8, 4) is 0 Å². The highest BCUT2D eigenvalue weighted by atomic mass is 16.4. The Balaban J connectivity index is 2.12. The summed E-state index contributed by atoms with van der Waals surface area (Å²) in [5.74, 6) is -1.04. The number of aryl methyl sites for hydroxylation is 1. The van der Waals surface area contributed by atoms with Crippen LogP contribution in [0.3, 0.4) is 0 Å². The number of carbonyl (C=O) groups excluding carboxylic acids is 1. The van der Waals surface area contributed by atoms with Crippen LogP contribution in [0.15, 0.2) is 24.3 Å². The Hall–Kier alpha value is -2.04. The molecule has 1 unspecified atom stereocenters. The summed E-state index contributed by atoms with van der Waals surface area (Å²) >= 11 is 0. The Morgan fingerprint density at radius 2 is 2.00 bits per heavy atom. The summed E-state index contributed by atoms with van der Waals surface area (Å²) in [5, 5.41) is 11.9. The van der Waals surface area contributed by atoms with Crippen LogP contribution in [0, 0.1) is 6.92 Å². The first-order valence-corrected chi connectivity index (χ1v) is 6.43. The molecule has 1 aromatic carbocycles. The van der Waals surface area contributed by atoms with Gasteiger partial charge in [-0.15, -0.1) is 0 Å². The average Bonchev–Trinajstić information content (AvgIpc) is 2.89. The summed E-state index contributed by atoms with van der Waals surface area (Å²) in [6.45, 7) is 3.29. The van der Waals surface area contributed by atoms with E-state index in [1.165, 1.54) is 0 Å². The molecule has 1 saturated heterocycles. The summed E-state index contributed by atoms with van der Waals surface area (Å²) in [6, 6.07) is 5.89. The third-order valence-corrected chi connectivity index (χ3v) is 3.28. The maximum absolute atomic E-state index is 12.0. The fourth-order valence-electron chi connectivity index (χ4n) is 2.27. The number of aliphatic carboxylic acids is 1. The maximum Gasteiger partial charge on any atom is 0.330 e. The van der Waals surface area contributed by atoms with Crippen molar-refractivity contribution in [1.82, 2.24) is 10.2 Å². The molecule has 19 heavy (non-hydrogen) atoms. The average molecular weight is 262 g/mol. The fraction of sp³-hybridized carbons (Fsp3) is 0.429. The van der Waals surface area contributed by atoms with E-state index in [4.69, 9.17) is 0 Å². The van der Waals surface area contributed by atoms with Gasteiger partial charge >= 0.3 is 12.0 Å². The molecule has 5 nitrogen and oxygen atoms in total. The van der Waals surface area contributed by atoms with E-state index >= 15 is 0 Å². The molecule has 0 radical (unpaired) electrons. The van der Waals surface area contributed by atoms with Crippen LogP contribution in [0.1, 0.15) is 30.0 Å². The third-order valence-electron chi connectivity index (χ3n) is 3.28. The smallest absolute Gasteiger partial charge is 0.330 e. The number of hydrogen-bond acceptors (Lipinski definition) is 2. The standard InChI is InChI=1S/C14H18N2O3/c1-10-5-4-6-11(9-10)12(13(17)18)15-14(19)16-7-2-3-8-16/h4-6,9,12H,2-3,7-8H2,1H3,(H,15,19)(H,17,18). The van der Waals surface area contributed by atoms with Gasteiger partial charge in [0.05, 0.1) is 0 Å². The summed E-state index contributed by atoms with van der Waals surface area (Å²) < 4.78 is 0. The molecule has 1 aliphatic heterocycles. The van der Waals surface area contributed by atoms with Crippen molar-refractivity contribution in [2.24, 2.45) is 0 Å². The summed E-state index contributed by atoms with van der Waals surface area (Å²) in [5.41, 5.74) is 1.57. The quantitative estimate of drug-likeness (QED) is 0.874. The van der Waals surface area contributed by atoms with Gasteiger partial charge in [-0.1, -0.05) is 29.8 Å². The molecule has 2 amide bonds. The van der Waals surface area contributed by atoms with E-state index < -0.39 is 12.0 Å². The van der Waals surface area contributed by atoms with Crippen molar-refractivity contribution >= 4 is 12.0 Å². The summed E-state index contributed by atoms with van der Waals surface area (Å²) in [7, 11) is 0. The summed E-state index contributed by atoms with van der Waals surface area (Å²) in [6.07, 6.45) is 1.96. The van der Waals surface area contributed by atoms with Crippen LogP contribution in [0.5, 0.6) is 0 Å². The molecular weight excluding hydrogens is 244 g/mol. The van der Waals surface area contributed by atoms with E-state index in [9.17, 15) is 14.7 Å². The fourth-order valence-corrected chi connectivity index (χ4v) is 2.27. The third kappa shape index (κ3) is 3.24. The Morgan fingerprint density at radius 3 is 2.58 bits per heavy atom. The Kier molecular flexibility index (Phi) is 4.04. The topological polar surface area (TPSA) is 69.6 Å². The lowest BCUT2D eigenvalue weighted by molar-refractivity contribution is -0.139. The number of benzene rings is 1. The van der Waals surface area contributed by atoms with Crippen molar-refractivity contribution in [2.45, 2.75) is 25.8 Å². The Bertz CT molecular complexity index is 481. The maximum atomic E-state index is 12.0. The van der Waals surface area contributed by atoms with Gasteiger partial charge in [-0.3, -0.25) is 0 Å². The molecule has 1 fully saturated rings. The van der Waals surface area contributed by atoms with Crippen LogP contribution in [0.25, 0.3) is 0 Å². The highest BCUT2D eigenvalue weighted by Gasteiger charge is 2.26. The Labute approximate surface area is 112 Å². The number of nitrogens with one attached hydrogen (secondary N) is 1. The number of likely N-dealkylation sites (tertiary alicyclic amines) is 1. The van der Waals surface area contributed by atoms with E-state index in [1.807, 2.05) is 13.0 Å². The van der Waals surface area contributed by atoms with E-state index in [0.29, 0.717) is 18.7 Å². The summed E-state index contributed by atoms with van der Waals surface area (Å²) in [4.78, 5) is 25.0. The molecule has 1 aliphatic rings. The lowest BCUT2D eigenvalue weighted by Crippen LogP contribution is -2.42. The van der Waals surface area contributed by atoms with E-state index in [2.05, 4.69) is 5.32 Å². The molecule has 5 heteroatoms. The van der Waals surface area contributed by atoms with E-state index in [-0.39, 0.29) is 6.03 Å². The highest BCUT2D eigenvalue weighted by Crippen LogP contribution is 2.16. The Morgan fingerprint density at radius 1 is 1.32 bits per heavy atom. The number of carboxylic acids is 1. The number of amides is 2. The highest BCUT2D eigenvalue weighted by molar-refractivity contribution is 5.83. The second-order valence-electron chi connectivity index (χ2n) is 4.83. The van der Waals surface area contributed by atoms with Gasteiger partial charge in [0.1, 0.15) is 0 Å². The predicted octanol–water partition coefficient (Wildman–Crippen LogP) is 1.93. The van der Waals surface area contributed by atoms with Crippen molar-refractivity contribution in [2.75, 3.05) is 13.1 Å². The van der Waals surface area contributed by atoms with Crippen molar-refractivity contribution < 1.29 is 14.7 Å². The predicted molar refractivity (Wildman–Crippen MR) is 70.9 cm³/mol. The molecule has 1 atom stereocenters. The number of carbonyl (C=O) groups is 2. The molecule has 0 spiro atoms. The van der Waals surface area contributed by atoms with Crippen molar-refractivity contribution in [1.29, 1.82) is 0 Å². The van der Waals surface area contributed by atoms with Crippen LogP contribution in [0.4, 0.5) is 4.79 Å². The van der Waals surface area contributed by atoms with Gasteiger partial charge < -0.3 is 15.3 Å². The lowest BCUT2D eigenvalue weighted by atomic mass is 10.0. The molecule has 0 bridgehead atoms. The first-order chi connectivity index (χ1) is 9.08. The molecule has 1 aromatic rings. The SMILES string of the molecule is Cc1cccc(C(NC(=O)N2CCCC2)C(=O)O)c1. The van der Waals surface area contributed by atoms with Crippen LogP contribution in [-0.2, 0) is 4.79 Å². The molecule has 0 aromatic heterocycles. The van der Waals surface area contributed by atoms with Crippen LogP contribution in [0.2, 0.25) is 0 Å². The molecule has 0 aliphatic carbocycles. The number of nitrogens with zero attached hydrogens (tertiary/aromatic N) is 1. The lowest BCUT2D eigenvalue weighted by Gasteiger charge is -2.21. The molecule has 2 rings (SSSR count). The van der Waals surface area contributed by atoms with Crippen LogP contribution in [-0.4, -0.2) is 35.1 Å². The molecular formula is C14H18N2O3. The minimum absolute atomic E-state index is 0.300. The van der Waals surface area contributed by atoms with Gasteiger partial charge in [0.15, 0.2) is 6.04 Å². The number of rotatable bonds is 3. The zero-order valence-electron chi connectivity index (χ0n) is 10.9. The van der Waals surface area contributed by atoms with Gasteiger partial charge in [-0.05, 0) is 25.3 Å². The monoisotopic (exact) mass is 262 g/mol. The normalized spacial score (nSPS) is 16.2. The van der Waals surface area contributed by atoms with Gasteiger partial charge in [-0.2, -0.15) is 0 Å². The zero-order valence-corrected chi connectivity index (χ0v) is 10.9. The molecule has 102 valence electrons. The van der Waals surface area contributed by atoms with Crippen LogP contribution >= 0.6 is 0 Å².